The first kappa shape index (κ1) is 15.4. The molecule has 0 saturated carbocycles. The van der Waals surface area contributed by atoms with E-state index in [0.29, 0.717) is 0 Å². The highest BCUT2D eigenvalue weighted by molar-refractivity contribution is 5.65. The maximum atomic E-state index is 12.8. The zero-order valence-corrected chi connectivity index (χ0v) is 11.1. The van der Waals surface area contributed by atoms with Gasteiger partial charge in [0, 0.05) is 6.92 Å². The molecule has 10 heteroatoms. The molecule has 0 radical (unpaired) electrons. The third-order valence-corrected chi connectivity index (χ3v) is 2.56. The van der Waals surface area contributed by atoms with E-state index in [4.69, 9.17) is 10.00 Å². The molecule has 0 fully saturated rings. The first-order valence-electron chi connectivity index (χ1n) is 5.84. The summed E-state index contributed by atoms with van der Waals surface area (Å²) < 4.78 is 44.2. The number of rotatable bonds is 3. The van der Waals surface area contributed by atoms with Crippen molar-refractivity contribution in [2.45, 2.75) is 19.7 Å². The minimum Gasteiger partial charge on any atom is -0.458 e. The molecule has 114 valence electrons. The van der Waals surface area contributed by atoms with Crippen molar-refractivity contribution < 1.29 is 22.7 Å². The summed E-state index contributed by atoms with van der Waals surface area (Å²) in [4.78, 5) is 10.8. The minimum atomic E-state index is -4.62. The minimum absolute atomic E-state index is 0.0263. The van der Waals surface area contributed by atoms with E-state index in [1.807, 2.05) is 0 Å². The van der Waals surface area contributed by atoms with Gasteiger partial charge in [0.15, 0.2) is 12.4 Å². The third-order valence-electron chi connectivity index (χ3n) is 2.56. The van der Waals surface area contributed by atoms with Gasteiger partial charge in [-0.15, -0.1) is 5.10 Å². The number of aromatic nitrogens is 4. The van der Waals surface area contributed by atoms with Crippen LogP contribution in [-0.2, 0) is 22.3 Å². The number of tetrazole rings is 1. The molecule has 0 aliphatic heterocycles. The van der Waals surface area contributed by atoms with Crippen LogP contribution < -0.4 is 0 Å². The summed E-state index contributed by atoms with van der Waals surface area (Å²) in [6.07, 6.45) is -4.62. The first-order chi connectivity index (χ1) is 10.3. The fraction of sp³-hybridized carbons (Fsp3) is 0.250. The van der Waals surface area contributed by atoms with Gasteiger partial charge in [-0.05, 0) is 28.6 Å². The second-order valence-electron chi connectivity index (χ2n) is 4.17. The Morgan fingerprint density at radius 3 is 2.73 bits per heavy atom. The molecule has 7 nitrogen and oxygen atoms in total. The number of halogens is 3. The Hall–Kier alpha value is -2.96. The number of nitriles is 1. The molecule has 0 atom stereocenters. The Morgan fingerprint density at radius 1 is 1.41 bits per heavy atom. The zero-order chi connectivity index (χ0) is 16.3. The Labute approximate surface area is 121 Å². The van der Waals surface area contributed by atoms with E-state index in [-0.39, 0.29) is 23.7 Å². The predicted octanol–water partition coefficient (Wildman–Crippen LogP) is 1.62. The van der Waals surface area contributed by atoms with Crippen molar-refractivity contribution in [2.75, 3.05) is 0 Å². The molecule has 22 heavy (non-hydrogen) atoms. The van der Waals surface area contributed by atoms with Gasteiger partial charge in [-0.3, -0.25) is 4.79 Å². The number of carbonyl (C=O) groups excluding carboxylic acids is 1. The number of hydrogen-bond donors (Lipinski definition) is 0. The van der Waals surface area contributed by atoms with Crippen molar-refractivity contribution in [3.8, 4) is 11.8 Å². The van der Waals surface area contributed by atoms with E-state index < -0.39 is 17.7 Å². The molecular formula is C12H8F3N5O2. The van der Waals surface area contributed by atoms with E-state index in [1.165, 1.54) is 13.0 Å². The molecule has 2 aromatic rings. The van der Waals surface area contributed by atoms with Crippen LogP contribution in [0.25, 0.3) is 5.69 Å². The van der Waals surface area contributed by atoms with Crippen LogP contribution in [0.4, 0.5) is 13.2 Å². The standard InChI is InChI=1S/C12H8F3N5O2/c1-7(21)22-6-11-17-18-19-20(11)10-3-8(5-16)2-9(4-10)12(13,14)15/h2-4H,6H2,1H3. The van der Waals surface area contributed by atoms with Crippen molar-refractivity contribution in [2.24, 2.45) is 0 Å². The zero-order valence-electron chi connectivity index (χ0n) is 11.1. The van der Waals surface area contributed by atoms with Crippen LogP contribution in [0.5, 0.6) is 0 Å². The Bertz CT molecular complexity index is 748. The summed E-state index contributed by atoms with van der Waals surface area (Å²) in [7, 11) is 0. The van der Waals surface area contributed by atoms with Crippen LogP contribution in [0, 0.1) is 11.3 Å². The highest BCUT2D eigenvalue weighted by Crippen LogP contribution is 2.31. The molecule has 1 aromatic heterocycles. The number of benzene rings is 1. The van der Waals surface area contributed by atoms with Gasteiger partial charge in [0.2, 0.25) is 0 Å². The maximum absolute atomic E-state index is 12.8. The van der Waals surface area contributed by atoms with Gasteiger partial charge in [0.25, 0.3) is 0 Å². The smallest absolute Gasteiger partial charge is 0.416 e. The fourth-order valence-electron chi connectivity index (χ4n) is 1.62. The highest BCUT2D eigenvalue weighted by atomic mass is 19.4. The number of ether oxygens (including phenoxy) is 1. The summed E-state index contributed by atoms with van der Waals surface area (Å²) in [5, 5.41) is 19.3. The van der Waals surface area contributed by atoms with E-state index in [0.717, 1.165) is 16.8 Å². The number of esters is 1. The normalized spacial score (nSPS) is 11.0. The van der Waals surface area contributed by atoms with Gasteiger partial charge in [0.1, 0.15) is 0 Å². The van der Waals surface area contributed by atoms with Crippen LogP contribution in [0.1, 0.15) is 23.9 Å². The van der Waals surface area contributed by atoms with E-state index in [1.54, 1.807) is 6.07 Å². The van der Waals surface area contributed by atoms with Crippen molar-refractivity contribution in [1.82, 2.24) is 20.2 Å². The fourth-order valence-corrected chi connectivity index (χ4v) is 1.62. The maximum Gasteiger partial charge on any atom is 0.416 e. The molecule has 1 heterocycles. The van der Waals surface area contributed by atoms with Crippen LogP contribution in [0.2, 0.25) is 0 Å². The highest BCUT2D eigenvalue weighted by Gasteiger charge is 2.31. The Kier molecular flexibility index (Phi) is 4.07. The largest absolute Gasteiger partial charge is 0.458 e. The monoisotopic (exact) mass is 311 g/mol. The quantitative estimate of drug-likeness (QED) is 0.799. The number of hydrogen-bond acceptors (Lipinski definition) is 6. The molecule has 0 aliphatic carbocycles. The Morgan fingerprint density at radius 2 is 2.14 bits per heavy atom. The molecular weight excluding hydrogens is 303 g/mol. The summed E-state index contributed by atoms with van der Waals surface area (Å²) in [6, 6.07) is 4.36. The number of carbonyl (C=O) groups is 1. The van der Waals surface area contributed by atoms with Gasteiger partial charge in [0.05, 0.1) is 22.9 Å². The average molecular weight is 311 g/mol. The molecule has 0 bridgehead atoms. The molecule has 2 rings (SSSR count). The van der Waals surface area contributed by atoms with Crippen molar-refractivity contribution >= 4 is 5.97 Å². The molecule has 0 aliphatic rings. The SMILES string of the molecule is CC(=O)OCc1nnnn1-c1cc(C#N)cc(C(F)(F)F)c1. The lowest BCUT2D eigenvalue weighted by Gasteiger charge is -2.10. The van der Waals surface area contributed by atoms with Crippen molar-refractivity contribution in [3.63, 3.8) is 0 Å². The van der Waals surface area contributed by atoms with Crippen LogP contribution in [0.15, 0.2) is 18.2 Å². The first-order valence-corrected chi connectivity index (χ1v) is 5.84. The van der Waals surface area contributed by atoms with Crippen molar-refractivity contribution in [3.05, 3.63) is 35.2 Å². The molecule has 0 amide bonds. The van der Waals surface area contributed by atoms with Crippen molar-refractivity contribution in [1.29, 1.82) is 5.26 Å². The lowest BCUT2D eigenvalue weighted by molar-refractivity contribution is -0.142. The molecule has 0 spiro atoms. The molecule has 0 N–H and O–H groups in total. The average Bonchev–Trinajstić information content (AvgIpc) is 2.92. The second-order valence-corrected chi connectivity index (χ2v) is 4.17. The lowest BCUT2D eigenvalue weighted by Crippen LogP contribution is -2.10. The topological polar surface area (TPSA) is 93.7 Å². The van der Waals surface area contributed by atoms with Gasteiger partial charge in [-0.2, -0.15) is 23.1 Å². The predicted molar refractivity (Wildman–Crippen MR) is 64.3 cm³/mol. The summed E-state index contributed by atoms with van der Waals surface area (Å²) in [5.74, 6) is -0.560. The van der Waals surface area contributed by atoms with Crippen LogP contribution in [-0.4, -0.2) is 26.2 Å². The van der Waals surface area contributed by atoms with E-state index >= 15 is 0 Å². The van der Waals surface area contributed by atoms with E-state index in [9.17, 15) is 18.0 Å². The van der Waals surface area contributed by atoms with Gasteiger partial charge >= 0.3 is 12.1 Å². The Balaban J connectivity index is 2.47. The molecule has 0 saturated heterocycles. The summed E-state index contributed by atoms with van der Waals surface area (Å²) >= 11 is 0. The van der Waals surface area contributed by atoms with E-state index in [2.05, 4.69) is 15.5 Å². The van der Waals surface area contributed by atoms with Crippen LogP contribution in [0.3, 0.4) is 0 Å². The van der Waals surface area contributed by atoms with Crippen LogP contribution >= 0.6 is 0 Å². The second kappa shape index (κ2) is 5.80. The van der Waals surface area contributed by atoms with Gasteiger partial charge in [-0.1, -0.05) is 0 Å². The third kappa shape index (κ3) is 3.38. The number of alkyl halides is 3. The number of nitrogens with zero attached hydrogens (tertiary/aromatic N) is 5. The van der Waals surface area contributed by atoms with Gasteiger partial charge in [-0.25, -0.2) is 0 Å². The lowest BCUT2D eigenvalue weighted by atomic mass is 10.1. The summed E-state index contributed by atoms with van der Waals surface area (Å²) in [5.41, 5.74) is -1.26. The molecule has 0 unspecified atom stereocenters. The molecule has 1 aromatic carbocycles. The summed E-state index contributed by atoms with van der Waals surface area (Å²) in [6.45, 7) is 0.868. The van der Waals surface area contributed by atoms with Gasteiger partial charge < -0.3 is 4.74 Å².